The van der Waals surface area contributed by atoms with Crippen LogP contribution in [0.4, 0.5) is 0 Å². The van der Waals surface area contributed by atoms with Gasteiger partial charge in [0, 0.05) is 5.75 Å². The minimum Gasteiger partial charge on any atom is -0.247 e. The Kier molecular flexibility index (Phi) is 2.72. The fourth-order valence-corrected chi connectivity index (χ4v) is 2.21. The summed E-state index contributed by atoms with van der Waals surface area (Å²) in [5.41, 5.74) is 1.65. The molecule has 0 atom stereocenters. The van der Waals surface area contributed by atoms with Crippen LogP contribution in [-0.2, 0) is 9.84 Å². The Morgan fingerprint density at radius 2 is 2.36 bits per heavy atom. The van der Waals surface area contributed by atoms with Gasteiger partial charge in [-0.3, -0.25) is 0 Å². The van der Waals surface area contributed by atoms with E-state index in [2.05, 4.69) is 4.99 Å². The lowest BCUT2D eigenvalue weighted by atomic mass is 10.6. The molecule has 0 unspecified atom stereocenters. The predicted octanol–water partition coefficient (Wildman–Crippen LogP) is 1.04. The third-order valence-corrected chi connectivity index (χ3v) is 3.03. The van der Waals surface area contributed by atoms with Gasteiger partial charge in [0.25, 0.3) is 0 Å². The van der Waals surface area contributed by atoms with Gasteiger partial charge in [-0.1, -0.05) is 6.92 Å². The van der Waals surface area contributed by atoms with Gasteiger partial charge in [0.05, 0.1) is 11.1 Å². The van der Waals surface area contributed by atoms with Gasteiger partial charge < -0.3 is 0 Å². The molecule has 11 heavy (non-hydrogen) atoms. The first-order valence-electron chi connectivity index (χ1n) is 3.21. The summed E-state index contributed by atoms with van der Waals surface area (Å²) in [4.78, 5) is 3.75. The Labute approximate surface area is 70.5 Å². The van der Waals surface area contributed by atoms with Crippen molar-refractivity contribution in [1.82, 2.24) is 0 Å². The van der Waals surface area contributed by atoms with Crippen molar-refractivity contribution in [3.05, 3.63) is 11.1 Å². The van der Waals surface area contributed by atoms with E-state index >= 15 is 0 Å². The van der Waals surface area contributed by atoms with Crippen LogP contribution in [0, 0.1) is 0 Å². The molecule has 1 aliphatic rings. The molecule has 0 aromatic heterocycles. The average Bonchev–Trinajstić information content (AvgIpc) is 2.26. The second-order valence-corrected chi connectivity index (χ2v) is 4.97. The van der Waals surface area contributed by atoms with Gasteiger partial charge in [-0.15, -0.1) is 0 Å². The van der Waals surface area contributed by atoms with Crippen LogP contribution in [0.3, 0.4) is 0 Å². The molecule has 0 amide bonds. The summed E-state index contributed by atoms with van der Waals surface area (Å²) in [6.07, 6.45) is 0. The van der Waals surface area contributed by atoms with Crippen LogP contribution in [0.1, 0.15) is 6.92 Å². The van der Waals surface area contributed by atoms with E-state index < -0.39 is 9.84 Å². The van der Waals surface area contributed by atoms with Crippen LogP contribution in [0.15, 0.2) is 16.1 Å². The molecular formula is C6H9NO2S2. The van der Waals surface area contributed by atoms with E-state index in [1.54, 1.807) is 11.8 Å². The second-order valence-electron chi connectivity index (χ2n) is 2.07. The molecule has 1 heterocycles. The Bertz CT molecular complexity index is 290. The standard InChI is InChI=1S/C6H9NO2S2/c1-2-10-3-6-4-11(8,9)5-7-6/h4-5H,2-3H2,1H3. The largest absolute Gasteiger partial charge is 0.247 e. The SMILES string of the molecule is CCSCC1=CS(=O)(=O)C=N1. The summed E-state index contributed by atoms with van der Waals surface area (Å²) in [5.74, 6) is 1.67. The van der Waals surface area contributed by atoms with Gasteiger partial charge in [-0.25, -0.2) is 13.4 Å². The van der Waals surface area contributed by atoms with Crippen molar-refractivity contribution in [2.24, 2.45) is 4.99 Å². The normalized spacial score (nSPS) is 20.3. The van der Waals surface area contributed by atoms with Gasteiger partial charge >= 0.3 is 0 Å². The van der Waals surface area contributed by atoms with Gasteiger partial charge in [-0.05, 0) is 5.75 Å². The smallest absolute Gasteiger partial charge is 0.211 e. The summed E-state index contributed by atoms with van der Waals surface area (Å²) < 4.78 is 21.5. The fourth-order valence-electron chi connectivity index (χ4n) is 0.670. The van der Waals surface area contributed by atoms with E-state index in [0.29, 0.717) is 11.4 Å². The first kappa shape index (κ1) is 8.80. The first-order chi connectivity index (χ1) is 5.14. The van der Waals surface area contributed by atoms with Crippen molar-refractivity contribution in [3.8, 4) is 0 Å². The molecule has 0 N–H and O–H groups in total. The van der Waals surface area contributed by atoms with E-state index in [-0.39, 0.29) is 0 Å². The van der Waals surface area contributed by atoms with Gasteiger partial charge in [0.15, 0.2) is 0 Å². The maximum absolute atomic E-state index is 10.8. The molecule has 1 rings (SSSR count). The third kappa shape index (κ3) is 2.67. The van der Waals surface area contributed by atoms with Crippen LogP contribution in [0.25, 0.3) is 0 Å². The zero-order valence-corrected chi connectivity index (χ0v) is 7.78. The second kappa shape index (κ2) is 3.40. The lowest BCUT2D eigenvalue weighted by Gasteiger charge is -1.92. The zero-order chi connectivity index (χ0) is 8.32. The molecule has 1 aliphatic heterocycles. The third-order valence-electron chi connectivity index (χ3n) is 1.12. The quantitative estimate of drug-likeness (QED) is 0.669. The molecule has 0 aromatic rings. The fraction of sp³-hybridized carbons (Fsp3) is 0.500. The van der Waals surface area contributed by atoms with E-state index in [9.17, 15) is 8.42 Å². The molecule has 0 saturated heterocycles. The maximum Gasteiger partial charge on any atom is 0.211 e. The van der Waals surface area contributed by atoms with Crippen molar-refractivity contribution in [3.63, 3.8) is 0 Å². The first-order valence-corrected chi connectivity index (χ1v) is 5.98. The number of aliphatic imine (C=N–C) groups is 1. The van der Waals surface area contributed by atoms with E-state index in [1.165, 1.54) is 5.41 Å². The number of hydrogen-bond donors (Lipinski definition) is 0. The minimum absolute atomic E-state index is 0.650. The summed E-state index contributed by atoms with van der Waals surface area (Å²) in [6, 6.07) is 0. The number of rotatable bonds is 3. The van der Waals surface area contributed by atoms with E-state index in [1.807, 2.05) is 6.92 Å². The summed E-state index contributed by atoms with van der Waals surface area (Å²) in [7, 11) is -3.09. The maximum atomic E-state index is 10.8. The molecule has 0 saturated carbocycles. The number of nitrogens with zero attached hydrogens (tertiary/aromatic N) is 1. The minimum atomic E-state index is -3.09. The molecular weight excluding hydrogens is 182 g/mol. The average molecular weight is 191 g/mol. The van der Waals surface area contributed by atoms with Crippen LogP contribution >= 0.6 is 11.8 Å². The highest BCUT2D eigenvalue weighted by Gasteiger charge is 2.11. The van der Waals surface area contributed by atoms with Crippen LogP contribution in [-0.4, -0.2) is 25.5 Å². The van der Waals surface area contributed by atoms with Crippen molar-refractivity contribution in [2.75, 3.05) is 11.5 Å². The Morgan fingerprint density at radius 3 is 2.82 bits per heavy atom. The van der Waals surface area contributed by atoms with Gasteiger partial charge in [0.1, 0.15) is 5.55 Å². The number of hydrogen-bond acceptors (Lipinski definition) is 4. The summed E-state index contributed by atoms with van der Waals surface area (Å²) >= 11 is 1.66. The van der Waals surface area contributed by atoms with Crippen LogP contribution < -0.4 is 0 Å². The summed E-state index contributed by atoms with van der Waals surface area (Å²) in [5, 5.41) is 1.22. The molecule has 0 bridgehead atoms. The van der Waals surface area contributed by atoms with Crippen molar-refractivity contribution < 1.29 is 8.42 Å². The number of thioether (sulfide) groups is 1. The topological polar surface area (TPSA) is 46.5 Å². The van der Waals surface area contributed by atoms with Crippen LogP contribution in [0.2, 0.25) is 0 Å². The monoisotopic (exact) mass is 191 g/mol. The Hall–Kier alpha value is -0.290. The van der Waals surface area contributed by atoms with Gasteiger partial charge in [-0.2, -0.15) is 11.8 Å². The zero-order valence-electron chi connectivity index (χ0n) is 6.15. The molecule has 5 heteroatoms. The predicted molar refractivity (Wildman–Crippen MR) is 48.5 cm³/mol. The molecule has 0 spiro atoms. The lowest BCUT2D eigenvalue weighted by molar-refractivity contribution is 0.616. The van der Waals surface area contributed by atoms with Crippen molar-refractivity contribution in [1.29, 1.82) is 0 Å². The highest BCUT2D eigenvalue weighted by atomic mass is 32.2. The molecule has 3 nitrogen and oxygen atoms in total. The molecule has 0 aliphatic carbocycles. The lowest BCUT2D eigenvalue weighted by Crippen LogP contribution is -1.89. The molecule has 62 valence electrons. The molecule has 0 radical (unpaired) electrons. The Balaban J connectivity index is 2.59. The Morgan fingerprint density at radius 1 is 1.64 bits per heavy atom. The van der Waals surface area contributed by atoms with Crippen molar-refractivity contribution in [2.45, 2.75) is 6.92 Å². The highest BCUT2D eigenvalue weighted by Crippen LogP contribution is 2.14. The van der Waals surface area contributed by atoms with E-state index in [0.717, 1.165) is 11.3 Å². The van der Waals surface area contributed by atoms with E-state index in [4.69, 9.17) is 0 Å². The summed E-state index contributed by atoms with van der Waals surface area (Å²) in [6.45, 7) is 2.03. The number of sulfone groups is 1. The van der Waals surface area contributed by atoms with Crippen LogP contribution in [0.5, 0.6) is 0 Å². The highest BCUT2D eigenvalue weighted by molar-refractivity contribution is 8.07. The van der Waals surface area contributed by atoms with Gasteiger partial charge in [0.2, 0.25) is 9.84 Å². The molecule has 0 fully saturated rings. The van der Waals surface area contributed by atoms with Crippen molar-refractivity contribution >= 4 is 27.1 Å². The molecule has 0 aromatic carbocycles.